The first-order valence-corrected chi connectivity index (χ1v) is 17.2. The number of benzene rings is 2. The van der Waals surface area contributed by atoms with Crippen molar-refractivity contribution < 1.29 is 50.5 Å². The van der Waals surface area contributed by atoms with Crippen LogP contribution in [0.2, 0.25) is 0 Å². The van der Waals surface area contributed by atoms with E-state index in [9.17, 15) is 0 Å². The number of furan rings is 1. The van der Waals surface area contributed by atoms with Gasteiger partial charge in [-0.3, -0.25) is 0 Å². The molecule has 0 amide bonds. The first-order chi connectivity index (χ1) is 16.9. The van der Waals surface area contributed by atoms with E-state index in [0.29, 0.717) is 9.54 Å². The summed E-state index contributed by atoms with van der Waals surface area (Å²) in [4.78, 5) is 0. The van der Waals surface area contributed by atoms with Crippen LogP contribution >= 0.6 is 0 Å². The Labute approximate surface area is 249 Å². The Kier molecular flexibility index (Phi) is 9.15. The van der Waals surface area contributed by atoms with Gasteiger partial charge in [0.1, 0.15) is 0 Å². The number of hydrogen-bond donors (Lipinski definition) is 0. The quantitative estimate of drug-likeness (QED) is 0.435. The number of hydrogen-bond acceptors (Lipinski definition) is 1. The Bertz CT molecular complexity index is 1360. The minimum Gasteiger partial charge on any atom is -1.00 e. The fourth-order valence-corrected chi connectivity index (χ4v) is 14.9. The first-order valence-electron chi connectivity index (χ1n) is 13.3. The topological polar surface area (TPSA) is 13.1 Å². The average Bonchev–Trinajstić information content (AvgIpc) is 3.51. The Morgan fingerprint density at radius 3 is 1.74 bits per heavy atom. The molecule has 3 aromatic rings. The zero-order valence-corrected chi connectivity index (χ0v) is 28.1. The molecular formula is C34H40Cl2OZr. The number of fused-ring (bicyclic) bond motifs is 3. The van der Waals surface area contributed by atoms with Crippen LogP contribution in [0.5, 0.6) is 0 Å². The molecule has 4 heteroatoms. The van der Waals surface area contributed by atoms with Gasteiger partial charge >= 0.3 is 227 Å². The van der Waals surface area contributed by atoms with Crippen molar-refractivity contribution in [2.75, 3.05) is 0 Å². The van der Waals surface area contributed by atoms with Crippen LogP contribution in [-0.2, 0) is 32.1 Å². The van der Waals surface area contributed by atoms with Crippen molar-refractivity contribution in [2.45, 2.75) is 76.8 Å². The summed E-state index contributed by atoms with van der Waals surface area (Å²) in [6, 6.07) is 16.9. The Morgan fingerprint density at radius 2 is 1.32 bits per heavy atom. The summed E-state index contributed by atoms with van der Waals surface area (Å²) in [5.41, 5.74) is 11.8. The monoisotopic (exact) mass is 624 g/mol. The molecule has 1 atom stereocenters. The molecule has 1 nitrogen and oxygen atoms in total. The molecule has 0 bridgehead atoms. The molecule has 2 aliphatic rings. The van der Waals surface area contributed by atoms with Gasteiger partial charge < -0.3 is 24.8 Å². The van der Waals surface area contributed by atoms with Gasteiger partial charge in [0.2, 0.25) is 0 Å². The Morgan fingerprint density at radius 1 is 0.789 bits per heavy atom. The fourth-order valence-electron chi connectivity index (χ4n) is 5.94. The van der Waals surface area contributed by atoms with Crippen LogP contribution in [-0.4, -0.2) is 3.21 Å². The molecule has 1 aromatic heterocycles. The third-order valence-corrected chi connectivity index (χ3v) is 16.8. The predicted molar refractivity (Wildman–Crippen MR) is 151 cm³/mol. The molecule has 1 unspecified atom stereocenters. The maximum atomic E-state index is 5.53. The van der Waals surface area contributed by atoms with Crippen molar-refractivity contribution in [3.05, 3.63) is 98.2 Å². The molecule has 0 fully saturated rings. The van der Waals surface area contributed by atoms with Crippen LogP contribution in [0.25, 0.3) is 16.7 Å². The van der Waals surface area contributed by atoms with Crippen LogP contribution in [0, 0.1) is 5.92 Å². The number of rotatable bonds is 3. The summed E-state index contributed by atoms with van der Waals surface area (Å²) in [6.07, 6.45) is 8.50. The molecule has 200 valence electrons. The second-order valence-corrected chi connectivity index (χ2v) is 20.2. The van der Waals surface area contributed by atoms with Gasteiger partial charge in [0, 0.05) is 0 Å². The molecule has 38 heavy (non-hydrogen) atoms. The molecule has 2 aliphatic carbocycles. The zero-order valence-electron chi connectivity index (χ0n) is 24.2. The fraction of sp³-hybridized carbons (Fsp3) is 0.382. The summed E-state index contributed by atoms with van der Waals surface area (Å²) < 4.78 is 9.40. The van der Waals surface area contributed by atoms with Crippen LogP contribution in [0.3, 0.4) is 0 Å². The maximum absolute atomic E-state index is 5.53. The molecule has 2 aromatic carbocycles. The zero-order chi connectivity index (χ0) is 26.0. The van der Waals surface area contributed by atoms with Crippen LogP contribution in [0.1, 0.15) is 93.8 Å². The Hall–Kier alpha value is -1.47. The second-order valence-electron chi connectivity index (χ2n) is 12.9. The SMILES string of the molecule is C[C](C)=[Zr+2]([C]1=C(c2ccoc2)C=CC1C)[CH]1c2ccc(C(C)(C)C)cc2-c2cc(C(C)(C)C)ccc21.[Cl-].[Cl-]. The van der Waals surface area contributed by atoms with E-state index in [1.165, 1.54) is 33.4 Å². The molecule has 1 heterocycles. The molecule has 0 radical (unpaired) electrons. The van der Waals surface area contributed by atoms with E-state index < -0.39 is 21.3 Å². The molecule has 0 saturated carbocycles. The number of halogens is 2. The van der Waals surface area contributed by atoms with E-state index in [4.69, 9.17) is 4.42 Å². The van der Waals surface area contributed by atoms with Gasteiger partial charge in [-0.25, -0.2) is 0 Å². The third-order valence-electron chi connectivity index (χ3n) is 8.00. The molecular weight excluding hydrogens is 587 g/mol. The molecule has 0 saturated heterocycles. The van der Waals surface area contributed by atoms with Crippen LogP contribution < -0.4 is 24.8 Å². The van der Waals surface area contributed by atoms with Crippen molar-refractivity contribution >= 4 is 8.78 Å². The van der Waals surface area contributed by atoms with Crippen molar-refractivity contribution in [1.82, 2.24) is 0 Å². The van der Waals surface area contributed by atoms with Gasteiger partial charge in [0.15, 0.2) is 0 Å². The predicted octanol–water partition coefficient (Wildman–Crippen LogP) is 3.40. The summed E-state index contributed by atoms with van der Waals surface area (Å²) >= 11 is -2.36. The van der Waals surface area contributed by atoms with Crippen LogP contribution in [0.15, 0.2) is 74.8 Å². The van der Waals surface area contributed by atoms with Gasteiger partial charge in [-0.05, 0) is 0 Å². The summed E-state index contributed by atoms with van der Waals surface area (Å²) in [5.74, 6) is 0.481. The van der Waals surface area contributed by atoms with E-state index in [-0.39, 0.29) is 35.6 Å². The van der Waals surface area contributed by atoms with Crippen molar-refractivity contribution in [1.29, 1.82) is 0 Å². The van der Waals surface area contributed by atoms with Gasteiger partial charge in [-0.2, -0.15) is 0 Å². The van der Waals surface area contributed by atoms with Crippen molar-refractivity contribution in [3.8, 4) is 11.1 Å². The minimum atomic E-state index is -2.36. The normalized spacial score (nSPS) is 16.4. The van der Waals surface area contributed by atoms with E-state index in [2.05, 4.69) is 117 Å². The molecule has 0 spiro atoms. The maximum Gasteiger partial charge on any atom is -1.00 e. The van der Waals surface area contributed by atoms with Crippen molar-refractivity contribution in [3.63, 3.8) is 0 Å². The van der Waals surface area contributed by atoms with Gasteiger partial charge in [-0.1, -0.05) is 0 Å². The smallest absolute Gasteiger partial charge is 1.00 e. The summed E-state index contributed by atoms with van der Waals surface area (Å²) in [6.45, 7) is 21.2. The van der Waals surface area contributed by atoms with Crippen LogP contribution in [0.4, 0.5) is 0 Å². The molecule has 0 N–H and O–H groups in total. The van der Waals surface area contributed by atoms with Gasteiger partial charge in [-0.15, -0.1) is 0 Å². The third kappa shape index (κ3) is 5.43. The first kappa shape index (κ1) is 31.1. The average molecular weight is 627 g/mol. The van der Waals surface area contributed by atoms with Gasteiger partial charge in [0.25, 0.3) is 0 Å². The van der Waals surface area contributed by atoms with Gasteiger partial charge in [0.05, 0.1) is 0 Å². The molecule has 5 rings (SSSR count). The summed E-state index contributed by atoms with van der Waals surface area (Å²) in [7, 11) is 0. The van der Waals surface area contributed by atoms with Crippen molar-refractivity contribution in [2.24, 2.45) is 5.92 Å². The van der Waals surface area contributed by atoms with E-state index in [1.54, 1.807) is 17.6 Å². The summed E-state index contributed by atoms with van der Waals surface area (Å²) in [5, 5.41) is 0. The Balaban J connectivity index is 0.00000200. The van der Waals surface area contributed by atoms with E-state index in [1.807, 2.05) is 12.5 Å². The minimum absolute atomic E-state index is 0. The van der Waals surface area contributed by atoms with E-state index >= 15 is 0 Å². The second kappa shape index (κ2) is 11.2. The standard InChI is InChI=1S/C21H25.C10H9O.C3H6.2ClH.Zr/c1-20(2,3)16-9-7-14-11-15-8-10-17(21(4,5)6)13-19(15)18(14)12-16;1-8-2-3-9(6-8)10-4-5-11-7-10;1-3-2;;;/h7-13H,1-6H3;2-5,7-8H,1H3;1-2H3;2*1H;/q;;;;;+2/p-2. The number of allylic oxidation sites excluding steroid dienone is 4. The van der Waals surface area contributed by atoms with E-state index in [0.717, 1.165) is 0 Å². The largest absolute Gasteiger partial charge is 1.00 e. The molecule has 0 aliphatic heterocycles.